The maximum absolute atomic E-state index is 11.8. The van der Waals surface area contributed by atoms with Gasteiger partial charge in [0.05, 0.1) is 6.61 Å². The zero-order chi connectivity index (χ0) is 21.9. The maximum Gasteiger partial charge on any atom is 0.306 e. The molecule has 0 unspecified atom stereocenters. The summed E-state index contributed by atoms with van der Waals surface area (Å²) >= 11 is 0. The topological polar surface area (TPSA) is 124 Å². The van der Waals surface area contributed by atoms with E-state index in [-0.39, 0.29) is 12.7 Å². The van der Waals surface area contributed by atoms with Crippen molar-refractivity contribution in [1.29, 1.82) is 0 Å². The highest BCUT2D eigenvalue weighted by molar-refractivity contribution is 5.72. The molecule has 0 aliphatic carbocycles. The van der Waals surface area contributed by atoms with Crippen molar-refractivity contribution >= 4 is 12.3 Å². The van der Waals surface area contributed by atoms with Gasteiger partial charge in [-0.15, -0.1) is 0 Å². The number of rotatable bonds is 20. The summed E-state index contributed by atoms with van der Waals surface area (Å²) < 4.78 is 4.87. The summed E-state index contributed by atoms with van der Waals surface area (Å²) in [6.45, 7) is 1.45. The molecular weight excluding hydrogens is 376 g/mol. The van der Waals surface area contributed by atoms with E-state index in [0.29, 0.717) is 6.42 Å². The molecule has 0 bridgehead atoms. The van der Waals surface area contributed by atoms with Gasteiger partial charge in [-0.05, 0) is 6.42 Å². The molecule has 172 valence electrons. The van der Waals surface area contributed by atoms with Gasteiger partial charge in [0.15, 0.2) is 12.4 Å². The van der Waals surface area contributed by atoms with Crippen molar-refractivity contribution in [2.45, 2.75) is 121 Å². The lowest BCUT2D eigenvalue weighted by molar-refractivity contribution is -0.168. The highest BCUT2D eigenvalue weighted by Crippen LogP contribution is 2.14. The quantitative estimate of drug-likeness (QED) is 0.136. The Bertz CT molecular complexity index is 403. The van der Waals surface area contributed by atoms with Crippen molar-refractivity contribution in [3.8, 4) is 0 Å². The fourth-order valence-electron chi connectivity index (χ4n) is 3.21. The van der Waals surface area contributed by atoms with E-state index in [4.69, 9.17) is 9.84 Å². The largest absolute Gasteiger partial charge is 0.452 e. The number of carbonyl (C=O) groups excluding carboxylic acids is 2. The van der Waals surface area contributed by atoms with Crippen LogP contribution in [0.3, 0.4) is 0 Å². The van der Waals surface area contributed by atoms with Gasteiger partial charge in [0.2, 0.25) is 0 Å². The second-order valence-electron chi connectivity index (χ2n) is 7.81. The van der Waals surface area contributed by atoms with Crippen LogP contribution >= 0.6 is 0 Å². The number of carbonyl (C=O) groups is 2. The molecule has 0 aromatic rings. The molecule has 0 fully saturated rings. The minimum atomic E-state index is -1.79. The van der Waals surface area contributed by atoms with E-state index in [9.17, 15) is 24.9 Å². The van der Waals surface area contributed by atoms with E-state index < -0.39 is 37.0 Å². The second-order valence-corrected chi connectivity index (χ2v) is 7.81. The third-order valence-electron chi connectivity index (χ3n) is 5.15. The molecule has 7 nitrogen and oxygen atoms in total. The summed E-state index contributed by atoms with van der Waals surface area (Å²) in [6, 6.07) is 0. The van der Waals surface area contributed by atoms with Crippen LogP contribution in [0.5, 0.6) is 0 Å². The molecule has 0 aliphatic rings. The zero-order valence-corrected chi connectivity index (χ0v) is 18.0. The predicted octanol–water partition coefficient (Wildman–Crippen LogP) is 2.65. The van der Waals surface area contributed by atoms with Crippen LogP contribution in [0.25, 0.3) is 0 Å². The Hall–Kier alpha value is -1.02. The first-order valence-electron chi connectivity index (χ1n) is 11.3. The normalized spacial score (nSPS) is 15.5. The molecule has 4 N–H and O–H groups in total. The maximum atomic E-state index is 11.8. The fourth-order valence-corrected chi connectivity index (χ4v) is 3.21. The van der Waals surface area contributed by atoms with Crippen LogP contribution in [0, 0.1) is 0 Å². The third-order valence-corrected chi connectivity index (χ3v) is 5.15. The Kier molecular flexibility index (Phi) is 18.3. The first-order chi connectivity index (χ1) is 14.0. The smallest absolute Gasteiger partial charge is 0.306 e. The minimum Gasteiger partial charge on any atom is -0.452 e. The molecule has 0 aliphatic heterocycles. The van der Waals surface area contributed by atoms with Crippen LogP contribution < -0.4 is 0 Å². The zero-order valence-electron chi connectivity index (χ0n) is 18.0. The van der Waals surface area contributed by atoms with Crippen LogP contribution in [0.4, 0.5) is 0 Å². The molecule has 0 saturated carbocycles. The van der Waals surface area contributed by atoms with Crippen LogP contribution in [0.2, 0.25) is 0 Å². The lowest BCUT2D eigenvalue weighted by Crippen LogP contribution is -2.48. The Morgan fingerprint density at radius 3 is 1.66 bits per heavy atom. The molecule has 0 aromatic carbocycles. The molecule has 0 aromatic heterocycles. The average molecular weight is 419 g/mol. The average Bonchev–Trinajstić information content (AvgIpc) is 2.73. The van der Waals surface area contributed by atoms with Crippen molar-refractivity contribution in [3.05, 3.63) is 0 Å². The van der Waals surface area contributed by atoms with Gasteiger partial charge in [-0.25, -0.2) is 0 Å². The highest BCUT2D eigenvalue weighted by Gasteiger charge is 2.33. The number of ether oxygens (including phenoxy) is 1. The van der Waals surface area contributed by atoms with Crippen LogP contribution in [0.15, 0.2) is 0 Å². The lowest BCUT2D eigenvalue weighted by atomic mass is 10.0. The van der Waals surface area contributed by atoms with Gasteiger partial charge in [-0.2, -0.15) is 0 Å². The minimum absolute atomic E-state index is 0.132. The van der Waals surface area contributed by atoms with E-state index in [1.807, 2.05) is 0 Å². The Labute approximate surface area is 175 Å². The number of aliphatic hydroxyl groups is 4. The summed E-state index contributed by atoms with van der Waals surface area (Å²) in [5, 5.41) is 37.4. The summed E-state index contributed by atoms with van der Waals surface area (Å²) in [5.41, 5.74) is 0. The monoisotopic (exact) mass is 418 g/mol. The SMILES string of the molecule is CCCCCCCCCCCCCCCC(=O)O[C@@H](C=O)[C@@H](O)[C@H](O)[C@H](O)CO. The van der Waals surface area contributed by atoms with Gasteiger partial charge in [-0.3, -0.25) is 9.59 Å². The van der Waals surface area contributed by atoms with E-state index in [1.165, 1.54) is 57.8 Å². The van der Waals surface area contributed by atoms with Crippen molar-refractivity contribution in [3.63, 3.8) is 0 Å². The first-order valence-corrected chi connectivity index (χ1v) is 11.3. The van der Waals surface area contributed by atoms with E-state index in [2.05, 4.69) is 6.92 Å². The Balaban J connectivity index is 3.69. The number of unbranched alkanes of at least 4 members (excludes halogenated alkanes) is 12. The standard InChI is InChI=1S/C22H42O7/c1-2-3-4-5-6-7-8-9-10-11-12-13-14-15-20(26)29-19(17-24)22(28)21(27)18(25)16-23/h17-19,21-23,25,27-28H,2-16H2,1H3/t18-,19+,21-,22-/m1/s1. The molecule has 0 heterocycles. The molecule has 4 atom stereocenters. The number of aldehydes is 1. The van der Waals surface area contributed by atoms with Gasteiger partial charge in [0, 0.05) is 6.42 Å². The van der Waals surface area contributed by atoms with Crippen molar-refractivity contribution < 1.29 is 34.8 Å². The van der Waals surface area contributed by atoms with Gasteiger partial charge in [0.1, 0.15) is 18.3 Å². The molecule has 0 radical (unpaired) electrons. The summed E-state index contributed by atoms with van der Waals surface area (Å²) in [4.78, 5) is 22.8. The van der Waals surface area contributed by atoms with E-state index in [0.717, 1.165) is 19.3 Å². The van der Waals surface area contributed by atoms with Crippen LogP contribution in [-0.4, -0.2) is 63.7 Å². The highest BCUT2D eigenvalue weighted by atomic mass is 16.6. The summed E-state index contributed by atoms with van der Waals surface area (Å²) in [7, 11) is 0. The van der Waals surface area contributed by atoms with Crippen molar-refractivity contribution in [1.82, 2.24) is 0 Å². The number of hydrogen-bond donors (Lipinski definition) is 4. The fraction of sp³-hybridized carbons (Fsp3) is 0.909. The van der Waals surface area contributed by atoms with Crippen LogP contribution in [0.1, 0.15) is 96.8 Å². The van der Waals surface area contributed by atoms with E-state index >= 15 is 0 Å². The third kappa shape index (κ3) is 14.6. The number of esters is 1. The Morgan fingerprint density at radius 2 is 1.24 bits per heavy atom. The summed E-state index contributed by atoms with van der Waals surface area (Å²) in [6.07, 6.45) is 9.09. The second kappa shape index (κ2) is 19.0. The Morgan fingerprint density at radius 1 is 0.793 bits per heavy atom. The van der Waals surface area contributed by atoms with Gasteiger partial charge in [-0.1, -0.05) is 84.0 Å². The van der Waals surface area contributed by atoms with Crippen molar-refractivity contribution in [2.24, 2.45) is 0 Å². The predicted molar refractivity (Wildman–Crippen MR) is 111 cm³/mol. The van der Waals surface area contributed by atoms with Gasteiger partial charge >= 0.3 is 5.97 Å². The molecule has 29 heavy (non-hydrogen) atoms. The first kappa shape index (κ1) is 28.0. The molecule has 7 heteroatoms. The van der Waals surface area contributed by atoms with E-state index in [1.54, 1.807) is 0 Å². The number of hydrogen-bond acceptors (Lipinski definition) is 7. The number of aliphatic hydroxyl groups excluding tert-OH is 4. The van der Waals surface area contributed by atoms with Gasteiger partial charge < -0.3 is 25.2 Å². The van der Waals surface area contributed by atoms with Crippen LogP contribution in [-0.2, 0) is 14.3 Å². The molecule has 0 amide bonds. The molecule has 0 saturated heterocycles. The molecule has 0 spiro atoms. The summed E-state index contributed by atoms with van der Waals surface area (Å²) in [5.74, 6) is -0.630. The lowest BCUT2D eigenvalue weighted by Gasteiger charge is -2.25. The van der Waals surface area contributed by atoms with Crippen molar-refractivity contribution in [2.75, 3.05) is 6.61 Å². The van der Waals surface area contributed by atoms with Gasteiger partial charge in [0.25, 0.3) is 0 Å². The molecular formula is C22H42O7. The molecule has 0 rings (SSSR count).